The van der Waals surface area contributed by atoms with Crippen molar-refractivity contribution in [1.82, 2.24) is 0 Å². The van der Waals surface area contributed by atoms with Crippen molar-refractivity contribution in [2.45, 2.75) is 45.1 Å². The Labute approximate surface area is 86.1 Å². The largest absolute Gasteiger partial charge is 0.321 e. The molecule has 0 aliphatic heterocycles. The molecule has 74 valence electrons. The first-order chi connectivity index (χ1) is 5.18. The highest BCUT2D eigenvalue weighted by Gasteiger charge is 2.07. The Bertz CT molecular complexity index is 122. The number of carbonyl (C=O) groups excluding carboxylic acids is 1. The van der Waals surface area contributed by atoms with Crippen molar-refractivity contribution in [3.05, 3.63) is 0 Å². The lowest BCUT2D eigenvalue weighted by molar-refractivity contribution is -0.112. The third-order valence-electron chi connectivity index (χ3n) is 1.69. The Morgan fingerprint density at radius 2 is 2.00 bits per heavy atom. The smallest absolute Gasteiger partial charge is 0.202 e. The van der Waals surface area contributed by atoms with Crippen LogP contribution in [0.4, 0.5) is 0 Å². The molecule has 0 aliphatic rings. The molecule has 4 heteroatoms. The molecule has 0 aliphatic carbocycles. The molecular weight excluding hydrogens is 194 g/mol. The minimum Gasteiger partial charge on any atom is -0.321 e. The van der Waals surface area contributed by atoms with E-state index in [4.69, 9.17) is 5.73 Å². The lowest BCUT2D eigenvalue weighted by Gasteiger charge is -2.05. The maximum Gasteiger partial charge on any atom is 0.202 e. The lowest BCUT2D eigenvalue weighted by atomic mass is 10.1. The summed E-state index contributed by atoms with van der Waals surface area (Å²) in [5.74, 6) is 0. The molecule has 2 nitrogen and oxygen atoms in total. The highest BCUT2D eigenvalue weighted by atomic mass is 35.5. The van der Waals surface area contributed by atoms with Gasteiger partial charge in [0, 0.05) is 0 Å². The van der Waals surface area contributed by atoms with Crippen LogP contribution in [0.2, 0.25) is 0 Å². The van der Waals surface area contributed by atoms with E-state index < -0.39 is 0 Å². The third-order valence-corrected chi connectivity index (χ3v) is 2.02. The quantitative estimate of drug-likeness (QED) is 0.523. The summed E-state index contributed by atoms with van der Waals surface area (Å²) in [5, 5.41) is -0.193. The molecule has 0 saturated carbocycles. The zero-order valence-electron chi connectivity index (χ0n) is 7.45. The van der Waals surface area contributed by atoms with Crippen LogP contribution in [-0.2, 0) is 4.79 Å². The van der Waals surface area contributed by atoms with Gasteiger partial charge in [0.05, 0.1) is 6.04 Å². The number of rotatable bonds is 6. The third kappa shape index (κ3) is 8.37. The molecule has 0 aromatic rings. The molecule has 0 aromatic carbocycles. The second-order valence-electron chi connectivity index (χ2n) is 2.79. The van der Waals surface area contributed by atoms with Crippen molar-refractivity contribution in [2.75, 3.05) is 0 Å². The number of thiol groups is 1. The summed E-state index contributed by atoms with van der Waals surface area (Å²) >= 11 is 3.65. The van der Waals surface area contributed by atoms with Crippen molar-refractivity contribution < 1.29 is 4.79 Å². The van der Waals surface area contributed by atoms with Crippen molar-refractivity contribution in [3.63, 3.8) is 0 Å². The Morgan fingerprint density at radius 1 is 1.42 bits per heavy atom. The standard InChI is InChI=1S/C8H17NOS.ClH/c1-2-3-4-5-6-7(9)8(10)11;/h7H,2-6,9H2,1H3,(H,10,11);1H. The van der Waals surface area contributed by atoms with E-state index in [-0.39, 0.29) is 23.6 Å². The molecule has 12 heavy (non-hydrogen) atoms. The van der Waals surface area contributed by atoms with E-state index >= 15 is 0 Å². The summed E-state index contributed by atoms with van der Waals surface area (Å²) < 4.78 is 0. The zero-order valence-corrected chi connectivity index (χ0v) is 9.16. The first-order valence-corrected chi connectivity index (χ1v) is 4.61. The number of hydrogen-bond donors (Lipinski definition) is 2. The lowest BCUT2D eigenvalue weighted by Crippen LogP contribution is -2.26. The molecule has 0 bridgehead atoms. The van der Waals surface area contributed by atoms with Crippen molar-refractivity contribution >= 4 is 30.2 Å². The SMILES string of the molecule is CCCCCCC(N)C(=O)S.Cl. The van der Waals surface area contributed by atoms with Gasteiger partial charge in [-0.25, -0.2) is 0 Å². The first-order valence-electron chi connectivity index (χ1n) is 4.17. The van der Waals surface area contributed by atoms with E-state index in [0.717, 1.165) is 12.8 Å². The van der Waals surface area contributed by atoms with E-state index in [1.165, 1.54) is 19.3 Å². The molecule has 0 rings (SSSR count). The fraction of sp³-hybridized carbons (Fsp3) is 0.875. The van der Waals surface area contributed by atoms with Gasteiger partial charge in [0.15, 0.2) is 0 Å². The van der Waals surface area contributed by atoms with Crippen LogP contribution in [0.15, 0.2) is 0 Å². The Morgan fingerprint density at radius 3 is 2.42 bits per heavy atom. The molecule has 0 radical (unpaired) electrons. The molecular formula is C8H18ClNOS. The van der Waals surface area contributed by atoms with Crippen LogP contribution in [0.3, 0.4) is 0 Å². The molecule has 1 unspecified atom stereocenters. The molecule has 0 amide bonds. The topological polar surface area (TPSA) is 43.1 Å². The van der Waals surface area contributed by atoms with E-state index in [2.05, 4.69) is 19.6 Å². The maximum atomic E-state index is 10.5. The van der Waals surface area contributed by atoms with Crippen LogP contribution in [0.1, 0.15) is 39.0 Å². The van der Waals surface area contributed by atoms with Crippen LogP contribution < -0.4 is 5.73 Å². The molecule has 0 aromatic heterocycles. The van der Waals surface area contributed by atoms with E-state index in [0.29, 0.717) is 0 Å². The zero-order chi connectivity index (χ0) is 8.69. The summed E-state index contributed by atoms with van der Waals surface area (Å²) in [4.78, 5) is 10.5. The minimum absolute atomic E-state index is 0. The van der Waals surface area contributed by atoms with Gasteiger partial charge in [0.2, 0.25) is 5.12 Å². The van der Waals surface area contributed by atoms with E-state index in [1.54, 1.807) is 0 Å². The summed E-state index contributed by atoms with van der Waals surface area (Å²) in [7, 11) is 0. The van der Waals surface area contributed by atoms with Gasteiger partial charge in [-0.1, -0.05) is 32.6 Å². The number of hydrogen-bond acceptors (Lipinski definition) is 2. The van der Waals surface area contributed by atoms with Crippen LogP contribution in [0.25, 0.3) is 0 Å². The van der Waals surface area contributed by atoms with Crippen molar-refractivity contribution in [1.29, 1.82) is 0 Å². The van der Waals surface area contributed by atoms with Gasteiger partial charge in [-0.15, -0.1) is 25.0 Å². The number of nitrogens with two attached hydrogens (primary N) is 1. The first kappa shape index (κ1) is 14.8. The van der Waals surface area contributed by atoms with Gasteiger partial charge in [-0.2, -0.15) is 0 Å². The Balaban J connectivity index is 0. The minimum atomic E-state index is -0.352. The van der Waals surface area contributed by atoms with E-state index in [1.807, 2.05) is 0 Å². The highest BCUT2D eigenvalue weighted by molar-refractivity contribution is 7.96. The van der Waals surface area contributed by atoms with Crippen LogP contribution in [-0.4, -0.2) is 11.2 Å². The molecule has 2 N–H and O–H groups in total. The van der Waals surface area contributed by atoms with Gasteiger partial charge in [0.1, 0.15) is 0 Å². The number of halogens is 1. The Hall–Kier alpha value is 0.270. The van der Waals surface area contributed by atoms with Crippen LogP contribution in [0, 0.1) is 0 Å². The summed E-state index contributed by atoms with van der Waals surface area (Å²) in [5.41, 5.74) is 5.47. The van der Waals surface area contributed by atoms with Gasteiger partial charge in [-0.3, -0.25) is 4.79 Å². The fourth-order valence-electron chi connectivity index (χ4n) is 0.915. The summed E-state index contributed by atoms with van der Waals surface area (Å²) in [6.45, 7) is 2.16. The monoisotopic (exact) mass is 211 g/mol. The summed E-state index contributed by atoms with van der Waals surface area (Å²) in [6, 6.07) is -0.352. The normalized spacial score (nSPS) is 11.9. The second kappa shape index (κ2) is 9.36. The molecule has 0 fully saturated rings. The maximum absolute atomic E-state index is 10.5. The van der Waals surface area contributed by atoms with Gasteiger partial charge in [0.25, 0.3) is 0 Å². The Kier molecular flexibility index (Phi) is 11.5. The van der Waals surface area contributed by atoms with E-state index in [9.17, 15) is 4.79 Å². The molecule has 0 saturated heterocycles. The molecule has 0 heterocycles. The average Bonchev–Trinajstić information content (AvgIpc) is 1.97. The number of unbranched alkanes of at least 4 members (excludes halogenated alkanes) is 3. The van der Waals surface area contributed by atoms with Gasteiger partial charge in [-0.05, 0) is 6.42 Å². The van der Waals surface area contributed by atoms with Crippen molar-refractivity contribution in [2.24, 2.45) is 5.73 Å². The van der Waals surface area contributed by atoms with Crippen LogP contribution >= 0.6 is 25.0 Å². The van der Waals surface area contributed by atoms with Crippen LogP contribution in [0.5, 0.6) is 0 Å². The van der Waals surface area contributed by atoms with Crippen molar-refractivity contribution in [3.8, 4) is 0 Å². The predicted molar refractivity (Wildman–Crippen MR) is 58.0 cm³/mol. The fourth-order valence-corrected chi connectivity index (χ4v) is 1.04. The average molecular weight is 212 g/mol. The van der Waals surface area contributed by atoms with Gasteiger partial charge >= 0.3 is 0 Å². The second-order valence-corrected chi connectivity index (χ2v) is 3.23. The highest BCUT2D eigenvalue weighted by Crippen LogP contribution is 2.05. The molecule has 0 spiro atoms. The van der Waals surface area contributed by atoms with Gasteiger partial charge < -0.3 is 5.73 Å². The predicted octanol–water partition coefficient (Wildman–Crippen LogP) is 2.16. The number of carbonyl (C=O) groups is 1. The summed E-state index contributed by atoms with van der Waals surface area (Å²) in [6.07, 6.45) is 5.44. The molecule has 1 atom stereocenters.